The summed E-state index contributed by atoms with van der Waals surface area (Å²) in [5.74, 6) is 0.790. The zero-order valence-corrected chi connectivity index (χ0v) is 18.1. The molecule has 0 saturated heterocycles. The molecule has 0 bridgehead atoms. The number of nitrogens with zero attached hydrogens (tertiary/aromatic N) is 4. The molecule has 158 valence electrons. The van der Waals surface area contributed by atoms with Gasteiger partial charge in [0.25, 0.3) is 0 Å². The van der Waals surface area contributed by atoms with Crippen LogP contribution in [0.25, 0.3) is 5.52 Å². The SMILES string of the molecule is CCOC(=O)C(C)(C)Cc1cc(C2CC2)cc2cc(COc3cc(Cl)ncn3)nn12. The molecule has 3 heterocycles. The molecule has 0 radical (unpaired) electrons. The number of fused-ring (bicyclic) bond motifs is 1. The molecule has 0 aromatic carbocycles. The first-order valence-electron chi connectivity index (χ1n) is 10.1. The van der Waals surface area contributed by atoms with Crippen LogP contribution in [0.3, 0.4) is 0 Å². The van der Waals surface area contributed by atoms with Gasteiger partial charge in [-0.2, -0.15) is 5.10 Å². The molecular weight excluding hydrogens is 404 g/mol. The van der Waals surface area contributed by atoms with Gasteiger partial charge in [-0.1, -0.05) is 11.6 Å². The molecule has 0 amide bonds. The maximum Gasteiger partial charge on any atom is 0.311 e. The van der Waals surface area contributed by atoms with Gasteiger partial charge in [0.15, 0.2) is 0 Å². The zero-order chi connectivity index (χ0) is 21.3. The number of hydrogen-bond acceptors (Lipinski definition) is 6. The molecule has 0 aliphatic heterocycles. The number of halogens is 1. The summed E-state index contributed by atoms with van der Waals surface area (Å²) in [5.41, 5.74) is 3.41. The van der Waals surface area contributed by atoms with Crippen LogP contribution in [-0.4, -0.2) is 32.2 Å². The van der Waals surface area contributed by atoms with E-state index in [2.05, 4.69) is 22.1 Å². The van der Waals surface area contributed by atoms with Crippen molar-refractivity contribution in [1.29, 1.82) is 0 Å². The summed E-state index contributed by atoms with van der Waals surface area (Å²) in [6, 6.07) is 7.93. The number of aromatic nitrogens is 4. The lowest BCUT2D eigenvalue weighted by atomic mass is 9.87. The number of rotatable bonds is 8. The maximum absolute atomic E-state index is 12.4. The van der Waals surface area contributed by atoms with E-state index in [9.17, 15) is 4.79 Å². The molecule has 0 spiro atoms. The van der Waals surface area contributed by atoms with Crippen molar-refractivity contribution in [3.8, 4) is 5.88 Å². The second kappa shape index (κ2) is 8.22. The van der Waals surface area contributed by atoms with Crippen LogP contribution >= 0.6 is 11.6 Å². The van der Waals surface area contributed by atoms with Crippen LogP contribution in [-0.2, 0) is 22.6 Å². The third kappa shape index (κ3) is 4.56. The van der Waals surface area contributed by atoms with E-state index in [1.165, 1.54) is 24.7 Å². The van der Waals surface area contributed by atoms with E-state index >= 15 is 0 Å². The topological polar surface area (TPSA) is 78.6 Å². The minimum absolute atomic E-state index is 0.202. The smallest absolute Gasteiger partial charge is 0.311 e. The van der Waals surface area contributed by atoms with Gasteiger partial charge in [-0.05, 0) is 63.3 Å². The Morgan fingerprint density at radius 3 is 2.73 bits per heavy atom. The molecule has 1 saturated carbocycles. The van der Waals surface area contributed by atoms with Crippen molar-refractivity contribution >= 4 is 23.1 Å². The normalized spacial score (nSPS) is 14.1. The second-order valence-corrected chi connectivity index (χ2v) is 8.66. The highest BCUT2D eigenvalue weighted by Gasteiger charge is 2.32. The molecule has 1 aliphatic rings. The van der Waals surface area contributed by atoms with Crippen molar-refractivity contribution in [2.24, 2.45) is 5.41 Å². The van der Waals surface area contributed by atoms with Gasteiger partial charge >= 0.3 is 5.97 Å². The van der Waals surface area contributed by atoms with E-state index < -0.39 is 5.41 Å². The van der Waals surface area contributed by atoms with E-state index in [0.29, 0.717) is 30.0 Å². The monoisotopic (exact) mass is 428 g/mol. The molecular formula is C22H25ClN4O3. The van der Waals surface area contributed by atoms with E-state index in [1.807, 2.05) is 31.4 Å². The van der Waals surface area contributed by atoms with Crippen LogP contribution in [0, 0.1) is 5.41 Å². The quantitative estimate of drug-likeness (QED) is 0.391. The van der Waals surface area contributed by atoms with Crippen molar-refractivity contribution in [1.82, 2.24) is 19.6 Å². The summed E-state index contributed by atoms with van der Waals surface area (Å²) in [4.78, 5) is 20.3. The van der Waals surface area contributed by atoms with Gasteiger partial charge in [0, 0.05) is 18.2 Å². The lowest BCUT2D eigenvalue weighted by molar-refractivity contribution is -0.153. The summed E-state index contributed by atoms with van der Waals surface area (Å²) in [6.07, 6.45) is 4.30. The molecule has 3 aromatic rings. The van der Waals surface area contributed by atoms with E-state index in [4.69, 9.17) is 26.2 Å². The van der Waals surface area contributed by atoms with E-state index in [1.54, 1.807) is 6.07 Å². The number of ether oxygens (including phenoxy) is 2. The van der Waals surface area contributed by atoms with Gasteiger partial charge in [-0.25, -0.2) is 14.5 Å². The van der Waals surface area contributed by atoms with Gasteiger partial charge in [-0.15, -0.1) is 0 Å². The number of carbonyl (C=O) groups excluding carboxylic acids is 1. The van der Waals surface area contributed by atoms with Gasteiger partial charge < -0.3 is 9.47 Å². The molecule has 7 nitrogen and oxygen atoms in total. The Morgan fingerprint density at radius 1 is 1.23 bits per heavy atom. The standard InChI is InChI=1S/C22H25ClN4O3/c1-4-29-21(28)22(2,3)11-18-8-15(14-5-6-14)7-17-9-16(26-27(17)18)12-30-20-10-19(23)24-13-25-20/h7-10,13-14H,4-6,11-12H2,1-3H3. The summed E-state index contributed by atoms with van der Waals surface area (Å²) in [5, 5.41) is 5.05. The molecule has 0 atom stereocenters. The van der Waals surface area contributed by atoms with Gasteiger partial charge in [-0.3, -0.25) is 4.79 Å². The Bertz CT molecular complexity index is 1080. The first-order valence-corrected chi connectivity index (χ1v) is 10.5. The van der Waals surface area contributed by atoms with Crippen molar-refractivity contribution < 1.29 is 14.3 Å². The molecule has 1 fully saturated rings. The summed E-state index contributed by atoms with van der Waals surface area (Å²) >= 11 is 5.89. The largest absolute Gasteiger partial charge is 0.471 e. The Labute approximate surface area is 180 Å². The number of carbonyl (C=O) groups is 1. The number of hydrogen-bond donors (Lipinski definition) is 0. The predicted octanol–water partition coefficient (Wildman–Crippen LogP) is 4.37. The lowest BCUT2D eigenvalue weighted by Crippen LogP contribution is -2.30. The fraction of sp³-hybridized carbons (Fsp3) is 0.455. The lowest BCUT2D eigenvalue weighted by Gasteiger charge is -2.23. The zero-order valence-electron chi connectivity index (χ0n) is 17.4. The van der Waals surface area contributed by atoms with Crippen LogP contribution in [0.5, 0.6) is 5.88 Å². The van der Waals surface area contributed by atoms with Crippen LogP contribution < -0.4 is 4.74 Å². The highest BCUT2D eigenvalue weighted by molar-refractivity contribution is 6.29. The Kier molecular flexibility index (Phi) is 5.64. The Hall–Kier alpha value is -2.67. The molecule has 30 heavy (non-hydrogen) atoms. The van der Waals surface area contributed by atoms with Crippen molar-refractivity contribution in [2.75, 3.05) is 6.61 Å². The van der Waals surface area contributed by atoms with Gasteiger partial charge in [0.05, 0.1) is 17.5 Å². The summed E-state index contributed by atoms with van der Waals surface area (Å²) < 4.78 is 12.9. The van der Waals surface area contributed by atoms with Crippen molar-refractivity contribution in [3.63, 3.8) is 0 Å². The molecule has 0 unspecified atom stereocenters. The first-order chi connectivity index (χ1) is 14.4. The van der Waals surface area contributed by atoms with Crippen LogP contribution in [0.1, 0.15) is 56.5 Å². The van der Waals surface area contributed by atoms with E-state index in [-0.39, 0.29) is 12.6 Å². The Morgan fingerprint density at radius 2 is 2.03 bits per heavy atom. The van der Waals surface area contributed by atoms with E-state index in [0.717, 1.165) is 16.9 Å². The average molecular weight is 429 g/mol. The minimum atomic E-state index is -0.647. The third-order valence-corrected chi connectivity index (χ3v) is 5.39. The molecule has 1 aliphatic carbocycles. The molecule has 4 rings (SSSR count). The molecule has 8 heteroatoms. The van der Waals surface area contributed by atoms with Crippen LogP contribution in [0.4, 0.5) is 0 Å². The third-order valence-electron chi connectivity index (χ3n) is 5.18. The maximum atomic E-state index is 12.4. The average Bonchev–Trinajstić information content (AvgIpc) is 3.46. The van der Waals surface area contributed by atoms with Crippen LogP contribution in [0.2, 0.25) is 5.15 Å². The summed E-state index contributed by atoms with van der Waals surface area (Å²) in [7, 11) is 0. The molecule has 0 N–H and O–H groups in total. The second-order valence-electron chi connectivity index (χ2n) is 8.28. The fourth-order valence-corrected chi connectivity index (χ4v) is 3.63. The minimum Gasteiger partial charge on any atom is -0.471 e. The summed E-state index contributed by atoms with van der Waals surface area (Å²) in [6.45, 7) is 6.27. The van der Waals surface area contributed by atoms with Gasteiger partial charge in [0.1, 0.15) is 23.8 Å². The predicted molar refractivity (Wildman–Crippen MR) is 113 cm³/mol. The molecule has 3 aromatic heterocycles. The highest BCUT2D eigenvalue weighted by Crippen LogP contribution is 2.41. The van der Waals surface area contributed by atoms with Crippen molar-refractivity contribution in [3.05, 3.63) is 52.7 Å². The highest BCUT2D eigenvalue weighted by atomic mass is 35.5. The Balaban J connectivity index is 1.62. The number of esters is 1. The van der Waals surface area contributed by atoms with Crippen molar-refractivity contribution in [2.45, 2.75) is 52.6 Å². The van der Waals surface area contributed by atoms with Crippen LogP contribution in [0.15, 0.2) is 30.6 Å². The number of pyridine rings is 1. The van der Waals surface area contributed by atoms with Gasteiger partial charge in [0.2, 0.25) is 5.88 Å². The first kappa shape index (κ1) is 20.6. The fourth-order valence-electron chi connectivity index (χ4n) is 3.49.